The number of halogens is 1. The Balaban J connectivity index is 1.75. The molecule has 1 saturated heterocycles. The summed E-state index contributed by atoms with van der Waals surface area (Å²) >= 11 is 5.86. The predicted molar refractivity (Wildman–Crippen MR) is 90.0 cm³/mol. The van der Waals surface area contributed by atoms with E-state index in [1.54, 1.807) is 24.1 Å². The van der Waals surface area contributed by atoms with E-state index in [0.29, 0.717) is 23.2 Å². The molecule has 3 rings (SSSR count). The molecule has 2 aromatic rings. The second-order valence-corrected chi connectivity index (χ2v) is 8.11. The number of aromatic nitrogens is 3. The zero-order valence-electron chi connectivity index (χ0n) is 12.5. The van der Waals surface area contributed by atoms with Crippen LogP contribution in [0.1, 0.15) is 6.42 Å². The van der Waals surface area contributed by atoms with E-state index in [1.165, 1.54) is 6.20 Å². The fourth-order valence-electron chi connectivity index (χ4n) is 2.43. The maximum Gasteiger partial charge on any atom is 0.247 e. The number of sulfone groups is 1. The molecule has 1 aliphatic rings. The van der Waals surface area contributed by atoms with Gasteiger partial charge in [-0.3, -0.25) is 0 Å². The van der Waals surface area contributed by atoms with Crippen molar-refractivity contribution >= 4 is 38.9 Å². The summed E-state index contributed by atoms with van der Waals surface area (Å²) in [6.45, 7) is 0. The molecule has 0 aliphatic carbocycles. The molecule has 122 valence electrons. The minimum absolute atomic E-state index is 0.118. The summed E-state index contributed by atoms with van der Waals surface area (Å²) in [6, 6.07) is 7.09. The Morgan fingerprint density at radius 1 is 1.30 bits per heavy atom. The maximum atomic E-state index is 11.6. The number of nitrogens with one attached hydrogen (secondary N) is 1. The van der Waals surface area contributed by atoms with E-state index in [-0.39, 0.29) is 17.5 Å². The summed E-state index contributed by atoms with van der Waals surface area (Å²) in [5, 5.41) is 11.7. The van der Waals surface area contributed by atoms with Gasteiger partial charge in [-0.05, 0) is 30.7 Å². The third-order valence-corrected chi connectivity index (χ3v) is 5.74. The lowest BCUT2D eigenvalue weighted by Crippen LogP contribution is -2.34. The Kier molecular flexibility index (Phi) is 4.36. The van der Waals surface area contributed by atoms with E-state index >= 15 is 0 Å². The highest BCUT2D eigenvalue weighted by Gasteiger charge is 2.31. The Morgan fingerprint density at radius 2 is 2.04 bits per heavy atom. The van der Waals surface area contributed by atoms with Crippen LogP contribution < -0.4 is 10.2 Å². The van der Waals surface area contributed by atoms with E-state index in [0.717, 1.165) is 5.69 Å². The monoisotopic (exact) mass is 353 g/mol. The molecule has 7 nitrogen and oxygen atoms in total. The first-order valence-corrected chi connectivity index (χ1v) is 9.28. The standard InChI is InChI=1S/C14H16ClN5O2S/c1-20(12-6-7-23(21,22)9-12)14-18-13(8-16-19-14)17-11-4-2-10(15)3-5-11/h2-5,8,12H,6-7,9H2,1H3,(H,17,18,19). The summed E-state index contributed by atoms with van der Waals surface area (Å²) < 4.78 is 23.2. The van der Waals surface area contributed by atoms with Crippen molar-refractivity contribution < 1.29 is 8.42 Å². The van der Waals surface area contributed by atoms with Crippen LogP contribution in [-0.4, -0.2) is 48.2 Å². The normalized spacial score (nSPS) is 19.5. The van der Waals surface area contributed by atoms with Crippen molar-refractivity contribution in [1.29, 1.82) is 0 Å². The lowest BCUT2D eigenvalue weighted by Gasteiger charge is -2.22. The second kappa shape index (κ2) is 6.29. The highest BCUT2D eigenvalue weighted by Crippen LogP contribution is 2.22. The number of benzene rings is 1. The maximum absolute atomic E-state index is 11.6. The molecule has 1 aromatic heterocycles. The second-order valence-electron chi connectivity index (χ2n) is 5.44. The van der Waals surface area contributed by atoms with Crippen LogP contribution in [0.3, 0.4) is 0 Å². The van der Waals surface area contributed by atoms with Crippen LogP contribution in [0.2, 0.25) is 5.02 Å². The molecule has 1 aliphatic heterocycles. The highest BCUT2D eigenvalue weighted by molar-refractivity contribution is 7.91. The molecule has 0 saturated carbocycles. The number of rotatable bonds is 4. The molecule has 0 bridgehead atoms. The Hall–Kier alpha value is -1.93. The zero-order valence-corrected chi connectivity index (χ0v) is 14.0. The van der Waals surface area contributed by atoms with Gasteiger partial charge in [0, 0.05) is 23.8 Å². The Morgan fingerprint density at radius 3 is 2.70 bits per heavy atom. The largest absolute Gasteiger partial charge is 0.339 e. The molecule has 1 N–H and O–H groups in total. The van der Waals surface area contributed by atoms with Crippen molar-refractivity contribution in [3.8, 4) is 0 Å². The molecule has 23 heavy (non-hydrogen) atoms. The SMILES string of the molecule is CN(c1nncc(Nc2ccc(Cl)cc2)n1)C1CCS(=O)(=O)C1. The Bertz CT molecular complexity index is 797. The van der Waals surface area contributed by atoms with E-state index in [4.69, 9.17) is 11.6 Å². The van der Waals surface area contributed by atoms with Gasteiger partial charge in [0.2, 0.25) is 5.95 Å². The van der Waals surface area contributed by atoms with E-state index < -0.39 is 9.84 Å². The smallest absolute Gasteiger partial charge is 0.247 e. The summed E-state index contributed by atoms with van der Waals surface area (Å²) in [7, 11) is -1.17. The van der Waals surface area contributed by atoms with Crippen molar-refractivity contribution in [2.45, 2.75) is 12.5 Å². The molecule has 2 heterocycles. The average molecular weight is 354 g/mol. The molecule has 0 spiro atoms. The van der Waals surface area contributed by atoms with Gasteiger partial charge in [-0.15, -0.1) is 5.10 Å². The van der Waals surface area contributed by atoms with Gasteiger partial charge in [-0.1, -0.05) is 11.6 Å². The zero-order chi connectivity index (χ0) is 16.4. The van der Waals surface area contributed by atoms with Crippen molar-refractivity contribution in [2.75, 3.05) is 28.8 Å². The van der Waals surface area contributed by atoms with Crippen LogP contribution in [0.5, 0.6) is 0 Å². The van der Waals surface area contributed by atoms with Gasteiger partial charge in [-0.25, -0.2) is 8.42 Å². The van der Waals surface area contributed by atoms with Crippen molar-refractivity contribution in [3.63, 3.8) is 0 Å². The molecule has 0 amide bonds. The van der Waals surface area contributed by atoms with Gasteiger partial charge in [0.1, 0.15) is 0 Å². The van der Waals surface area contributed by atoms with Gasteiger partial charge in [0.05, 0.1) is 17.7 Å². The van der Waals surface area contributed by atoms with Crippen LogP contribution >= 0.6 is 11.6 Å². The summed E-state index contributed by atoms with van der Waals surface area (Å²) in [4.78, 5) is 6.16. The fraction of sp³-hybridized carbons (Fsp3) is 0.357. The fourth-order valence-corrected chi connectivity index (χ4v) is 4.33. The number of anilines is 3. The average Bonchev–Trinajstić information content (AvgIpc) is 2.89. The van der Waals surface area contributed by atoms with Crippen molar-refractivity contribution in [1.82, 2.24) is 15.2 Å². The first-order chi connectivity index (χ1) is 10.9. The number of nitrogens with zero attached hydrogens (tertiary/aromatic N) is 4. The lowest BCUT2D eigenvalue weighted by atomic mass is 10.2. The van der Waals surface area contributed by atoms with E-state index in [9.17, 15) is 8.42 Å². The topological polar surface area (TPSA) is 88.1 Å². The summed E-state index contributed by atoms with van der Waals surface area (Å²) in [5.41, 5.74) is 0.826. The van der Waals surface area contributed by atoms with Gasteiger partial charge >= 0.3 is 0 Å². The van der Waals surface area contributed by atoms with Gasteiger partial charge in [0.15, 0.2) is 15.7 Å². The molecule has 1 fully saturated rings. The van der Waals surface area contributed by atoms with Crippen LogP contribution in [-0.2, 0) is 9.84 Å². The summed E-state index contributed by atoms with van der Waals surface area (Å²) in [5.74, 6) is 1.26. The number of hydrogen-bond donors (Lipinski definition) is 1. The molecular formula is C14H16ClN5O2S. The molecule has 1 aromatic carbocycles. The van der Waals surface area contributed by atoms with Crippen LogP contribution in [0.25, 0.3) is 0 Å². The lowest BCUT2D eigenvalue weighted by molar-refractivity contribution is 0.600. The first kappa shape index (κ1) is 15.9. The van der Waals surface area contributed by atoms with Crippen molar-refractivity contribution in [2.24, 2.45) is 0 Å². The Labute approximate surface area is 139 Å². The molecule has 1 unspecified atom stereocenters. The minimum atomic E-state index is -2.96. The molecule has 1 atom stereocenters. The third-order valence-electron chi connectivity index (χ3n) is 3.74. The van der Waals surface area contributed by atoms with Crippen LogP contribution in [0.15, 0.2) is 30.5 Å². The molecule has 0 radical (unpaired) electrons. The summed E-state index contributed by atoms with van der Waals surface area (Å²) in [6.07, 6.45) is 2.09. The number of hydrogen-bond acceptors (Lipinski definition) is 7. The quantitative estimate of drug-likeness (QED) is 0.897. The third kappa shape index (κ3) is 3.89. The van der Waals surface area contributed by atoms with E-state index in [1.807, 2.05) is 12.1 Å². The highest BCUT2D eigenvalue weighted by atomic mass is 35.5. The van der Waals surface area contributed by atoms with Crippen molar-refractivity contribution in [3.05, 3.63) is 35.5 Å². The van der Waals surface area contributed by atoms with Gasteiger partial charge in [-0.2, -0.15) is 10.1 Å². The van der Waals surface area contributed by atoms with E-state index in [2.05, 4.69) is 20.5 Å². The van der Waals surface area contributed by atoms with Gasteiger partial charge < -0.3 is 10.2 Å². The molecular weight excluding hydrogens is 338 g/mol. The van der Waals surface area contributed by atoms with Crippen LogP contribution in [0.4, 0.5) is 17.5 Å². The van der Waals surface area contributed by atoms with Gasteiger partial charge in [0.25, 0.3) is 0 Å². The van der Waals surface area contributed by atoms with Crippen LogP contribution in [0, 0.1) is 0 Å². The first-order valence-electron chi connectivity index (χ1n) is 7.08. The minimum Gasteiger partial charge on any atom is -0.339 e. The predicted octanol–water partition coefficient (Wildman–Crippen LogP) is 1.89. The molecule has 9 heteroatoms.